The lowest BCUT2D eigenvalue weighted by molar-refractivity contribution is -0.110. The molecule has 1 aromatic carbocycles. The van der Waals surface area contributed by atoms with Crippen LogP contribution in [0.4, 0.5) is 5.13 Å². The van der Waals surface area contributed by atoms with Crippen molar-refractivity contribution in [3.63, 3.8) is 0 Å². The van der Waals surface area contributed by atoms with Crippen molar-refractivity contribution in [3.8, 4) is 0 Å². The first kappa shape index (κ1) is 23.6. The van der Waals surface area contributed by atoms with E-state index < -0.39 is 15.7 Å². The number of anilines is 1. The molecule has 0 spiro atoms. The van der Waals surface area contributed by atoms with Crippen molar-refractivity contribution in [3.05, 3.63) is 58.9 Å². The van der Waals surface area contributed by atoms with Gasteiger partial charge in [0.15, 0.2) is 27.3 Å². The molecular weight excluding hydrogens is 454 g/mol. The average molecular weight is 478 g/mol. The predicted molar refractivity (Wildman–Crippen MR) is 120 cm³/mol. The van der Waals surface area contributed by atoms with Crippen molar-refractivity contribution < 1.29 is 22.8 Å². The summed E-state index contributed by atoms with van der Waals surface area (Å²) in [5.41, 5.74) is 1.07. The first-order valence-electron chi connectivity index (χ1n) is 9.63. The second kappa shape index (κ2) is 11.0. The van der Waals surface area contributed by atoms with Gasteiger partial charge in [-0.3, -0.25) is 15.2 Å². The zero-order valence-corrected chi connectivity index (χ0v) is 19.2. The number of rotatable bonds is 11. The molecule has 0 aliphatic heterocycles. The molecular formula is C20H23N5O5S2. The molecule has 2 N–H and O–H groups in total. The zero-order chi connectivity index (χ0) is 23.0. The van der Waals surface area contributed by atoms with Gasteiger partial charge in [-0.15, -0.1) is 11.3 Å². The summed E-state index contributed by atoms with van der Waals surface area (Å²) in [5.74, 6) is -0.558. The van der Waals surface area contributed by atoms with E-state index in [4.69, 9.17) is 9.57 Å². The van der Waals surface area contributed by atoms with Crippen molar-refractivity contribution in [2.24, 2.45) is 5.16 Å². The molecule has 2 heterocycles. The molecule has 0 fully saturated rings. The van der Waals surface area contributed by atoms with E-state index in [1.165, 1.54) is 42.7 Å². The molecule has 12 heteroatoms. The van der Waals surface area contributed by atoms with E-state index in [2.05, 4.69) is 25.7 Å². The number of oxime groups is 1. The number of aryl methyl sites for hydroxylation is 1. The van der Waals surface area contributed by atoms with Gasteiger partial charge >= 0.3 is 0 Å². The van der Waals surface area contributed by atoms with Crippen molar-refractivity contribution in [1.29, 1.82) is 0 Å². The van der Waals surface area contributed by atoms with Gasteiger partial charge in [0.05, 0.1) is 16.3 Å². The second-order valence-corrected chi connectivity index (χ2v) is 10.1. The molecule has 3 rings (SSSR count). The number of H-pyrrole nitrogens is 1. The quantitative estimate of drug-likeness (QED) is 0.246. The molecule has 1 amide bonds. The minimum absolute atomic E-state index is 0.0132. The van der Waals surface area contributed by atoms with Crippen molar-refractivity contribution in [1.82, 2.24) is 15.2 Å². The Morgan fingerprint density at radius 1 is 1.25 bits per heavy atom. The van der Waals surface area contributed by atoms with E-state index in [0.29, 0.717) is 29.4 Å². The summed E-state index contributed by atoms with van der Waals surface area (Å²) in [5, 5.41) is 13.7. The third-order valence-electron chi connectivity index (χ3n) is 4.24. The molecule has 0 bridgehead atoms. The summed E-state index contributed by atoms with van der Waals surface area (Å²) in [4.78, 5) is 23.4. The van der Waals surface area contributed by atoms with Crippen molar-refractivity contribution >= 4 is 37.9 Å². The Kier molecular flexibility index (Phi) is 8.09. The van der Waals surface area contributed by atoms with E-state index in [1.807, 2.05) is 6.92 Å². The molecule has 0 saturated heterocycles. The molecule has 0 aliphatic rings. The normalized spacial score (nSPS) is 12.0. The first-order chi connectivity index (χ1) is 15.4. The predicted octanol–water partition coefficient (Wildman–Crippen LogP) is 2.54. The van der Waals surface area contributed by atoms with Crippen molar-refractivity contribution in [2.75, 3.05) is 24.8 Å². The van der Waals surface area contributed by atoms with E-state index in [9.17, 15) is 13.2 Å². The van der Waals surface area contributed by atoms with Crippen LogP contribution in [0.25, 0.3) is 0 Å². The van der Waals surface area contributed by atoms with E-state index in [0.717, 1.165) is 4.88 Å². The summed E-state index contributed by atoms with van der Waals surface area (Å²) < 4.78 is 29.8. The lowest BCUT2D eigenvalue weighted by Gasteiger charge is -2.09. The number of thiazole rings is 1. The van der Waals surface area contributed by atoms with Gasteiger partial charge < -0.3 is 9.57 Å². The van der Waals surface area contributed by atoms with Gasteiger partial charge in [0, 0.05) is 36.6 Å². The van der Waals surface area contributed by atoms with E-state index in [1.54, 1.807) is 18.5 Å². The molecule has 0 radical (unpaired) electrons. The lowest BCUT2D eigenvalue weighted by atomic mass is 10.1. The van der Waals surface area contributed by atoms with Crippen LogP contribution in [0, 0.1) is 6.92 Å². The van der Waals surface area contributed by atoms with Crippen LogP contribution in [0.1, 0.15) is 22.6 Å². The SMILES string of the molecule is COCCCS(=O)(=O)c1ccc(/C(=N\OCc2ccn[nH]2)C(=O)Nc2ncc(C)s2)cc1. The summed E-state index contributed by atoms with van der Waals surface area (Å²) in [6.45, 7) is 2.32. The van der Waals surface area contributed by atoms with Crippen LogP contribution >= 0.6 is 11.3 Å². The van der Waals surface area contributed by atoms with E-state index in [-0.39, 0.29) is 23.0 Å². The van der Waals surface area contributed by atoms with Gasteiger partial charge in [0.2, 0.25) is 0 Å². The van der Waals surface area contributed by atoms with Crippen molar-refractivity contribution in [2.45, 2.75) is 24.8 Å². The van der Waals surface area contributed by atoms with Crippen LogP contribution in [-0.4, -0.2) is 54.7 Å². The summed E-state index contributed by atoms with van der Waals surface area (Å²) in [6.07, 6.45) is 3.62. The minimum atomic E-state index is -3.46. The Labute approximate surface area is 189 Å². The highest BCUT2D eigenvalue weighted by atomic mass is 32.2. The number of carbonyl (C=O) groups excluding carboxylic acids is 1. The van der Waals surface area contributed by atoms with Crippen LogP contribution in [-0.2, 0) is 30.8 Å². The van der Waals surface area contributed by atoms with Crippen LogP contribution in [0.15, 0.2) is 52.8 Å². The Balaban J connectivity index is 1.80. The topological polar surface area (TPSA) is 136 Å². The highest BCUT2D eigenvalue weighted by Crippen LogP contribution is 2.18. The van der Waals surface area contributed by atoms with Gasteiger partial charge in [-0.1, -0.05) is 17.3 Å². The molecule has 10 nitrogen and oxygen atoms in total. The monoisotopic (exact) mass is 477 g/mol. The zero-order valence-electron chi connectivity index (χ0n) is 17.6. The molecule has 0 saturated carbocycles. The number of aromatic nitrogens is 3. The number of nitrogens with one attached hydrogen (secondary N) is 2. The number of aromatic amines is 1. The van der Waals surface area contributed by atoms with Crippen LogP contribution < -0.4 is 5.32 Å². The number of amides is 1. The highest BCUT2D eigenvalue weighted by molar-refractivity contribution is 7.91. The molecule has 2 aromatic heterocycles. The Hall–Kier alpha value is -3.09. The van der Waals surface area contributed by atoms with Gasteiger partial charge in [-0.05, 0) is 31.5 Å². The number of carbonyl (C=O) groups is 1. The molecule has 170 valence electrons. The second-order valence-electron chi connectivity index (χ2n) is 6.72. The van der Waals surface area contributed by atoms with Gasteiger partial charge in [0.25, 0.3) is 5.91 Å². The third kappa shape index (κ3) is 6.45. The largest absolute Gasteiger partial charge is 0.389 e. The maximum atomic E-state index is 12.9. The van der Waals surface area contributed by atoms with Crippen LogP contribution in [0.3, 0.4) is 0 Å². The van der Waals surface area contributed by atoms with Gasteiger partial charge in [0.1, 0.15) is 0 Å². The summed E-state index contributed by atoms with van der Waals surface area (Å²) in [6, 6.07) is 7.66. The van der Waals surface area contributed by atoms with E-state index >= 15 is 0 Å². The lowest BCUT2D eigenvalue weighted by Crippen LogP contribution is -2.24. The number of sulfone groups is 1. The molecule has 0 aliphatic carbocycles. The maximum Gasteiger partial charge on any atom is 0.280 e. The molecule has 0 atom stereocenters. The number of ether oxygens (including phenoxy) is 1. The fourth-order valence-corrected chi connectivity index (χ4v) is 4.60. The smallest absolute Gasteiger partial charge is 0.280 e. The Morgan fingerprint density at radius 2 is 2.03 bits per heavy atom. The third-order valence-corrected chi connectivity index (χ3v) is 6.88. The standard InChI is InChI=1S/C20H23N5O5S2/c1-14-12-21-20(31-14)23-19(26)18(25-30-13-16-8-9-22-24-16)15-4-6-17(7-5-15)32(27,28)11-3-10-29-2/h4-9,12H,3,10-11,13H2,1-2H3,(H,22,24)(H,21,23,26)/b25-18+. The van der Waals surface area contributed by atoms with Gasteiger partial charge in [-0.25, -0.2) is 13.4 Å². The molecule has 0 unspecified atom stereocenters. The fourth-order valence-electron chi connectivity index (χ4n) is 2.66. The Bertz CT molecular complexity index is 1160. The number of methoxy groups -OCH3 is 1. The minimum Gasteiger partial charge on any atom is -0.389 e. The number of nitrogens with zero attached hydrogens (tertiary/aromatic N) is 3. The molecule has 32 heavy (non-hydrogen) atoms. The summed E-state index contributed by atoms with van der Waals surface area (Å²) >= 11 is 1.32. The molecule has 3 aromatic rings. The first-order valence-corrected chi connectivity index (χ1v) is 12.1. The fraction of sp³-hybridized carbons (Fsp3) is 0.300. The van der Waals surface area contributed by atoms with Crippen LogP contribution in [0.2, 0.25) is 0 Å². The average Bonchev–Trinajstić information content (AvgIpc) is 3.43. The van der Waals surface area contributed by atoms with Gasteiger partial charge in [-0.2, -0.15) is 5.10 Å². The number of benzene rings is 1. The maximum absolute atomic E-state index is 12.9. The Morgan fingerprint density at radius 3 is 2.66 bits per heavy atom. The van der Waals surface area contributed by atoms with Crippen LogP contribution in [0.5, 0.6) is 0 Å². The number of hydrogen-bond acceptors (Lipinski definition) is 9. The summed E-state index contributed by atoms with van der Waals surface area (Å²) in [7, 11) is -1.94. The highest BCUT2D eigenvalue weighted by Gasteiger charge is 2.19. The number of hydrogen-bond donors (Lipinski definition) is 2.